The monoisotopic (exact) mass is 576 g/mol. The van der Waals surface area contributed by atoms with Crippen LogP contribution < -0.4 is 24.8 Å². The quantitative estimate of drug-likeness (QED) is 0.148. The van der Waals surface area contributed by atoms with Gasteiger partial charge in [0.15, 0.2) is 28.8 Å². The maximum Gasteiger partial charge on any atom is 0.231 e. The first-order valence-electron chi connectivity index (χ1n) is 13.7. The fourth-order valence-corrected chi connectivity index (χ4v) is 5.51. The van der Waals surface area contributed by atoms with E-state index in [1.807, 2.05) is 0 Å². The van der Waals surface area contributed by atoms with Crippen LogP contribution in [0.5, 0.6) is 28.7 Å². The summed E-state index contributed by atoms with van der Waals surface area (Å²) in [6.45, 7) is 6.47. The van der Waals surface area contributed by atoms with Crippen LogP contribution in [0.3, 0.4) is 0 Å². The molecule has 0 spiro atoms. The molecule has 2 aliphatic heterocycles. The minimum Gasteiger partial charge on any atom is -0.507 e. The predicted octanol–water partition coefficient (Wildman–Crippen LogP) is 4.09. The van der Waals surface area contributed by atoms with E-state index in [1.165, 1.54) is 26.8 Å². The highest BCUT2D eigenvalue weighted by Gasteiger charge is 2.56. The van der Waals surface area contributed by atoms with Crippen molar-refractivity contribution in [3.63, 3.8) is 0 Å². The first-order chi connectivity index (χ1) is 19.9. The van der Waals surface area contributed by atoms with Gasteiger partial charge in [0.05, 0.1) is 11.1 Å². The number of anilines is 1. The lowest BCUT2D eigenvalue weighted by Crippen LogP contribution is -2.41. The third-order valence-electron chi connectivity index (χ3n) is 7.89. The van der Waals surface area contributed by atoms with Crippen molar-refractivity contribution in [3.05, 3.63) is 58.0 Å². The molecule has 4 N–H and O–H groups in total. The lowest BCUT2D eigenvalue weighted by Gasteiger charge is -2.29. The third-order valence-corrected chi connectivity index (χ3v) is 7.89. The summed E-state index contributed by atoms with van der Waals surface area (Å²) in [6.07, 6.45) is 3.59. The Kier molecular flexibility index (Phi) is 7.44. The number of aromatic hydroxyl groups is 2. The van der Waals surface area contributed by atoms with Crippen molar-refractivity contribution >= 4 is 28.9 Å². The Balaban J connectivity index is 1.21. The number of amides is 1. The molecule has 3 aliphatic rings. The maximum absolute atomic E-state index is 13.8. The van der Waals surface area contributed by atoms with Gasteiger partial charge in [-0.05, 0) is 52.7 Å². The van der Waals surface area contributed by atoms with E-state index in [9.17, 15) is 29.4 Å². The highest BCUT2D eigenvalue weighted by Crippen LogP contribution is 2.57. The Morgan fingerprint density at radius 3 is 2.50 bits per heavy atom. The summed E-state index contributed by atoms with van der Waals surface area (Å²) in [5, 5.41) is 27.4. The van der Waals surface area contributed by atoms with Crippen LogP contribution in [0, 0.1) is 6.92 Å². The molecule has 1 atom stereocenters. The number of Topliss-reactive ketones (excluding diaryl/α,β-unsaturated/α-hetero) is 2. The molecule has 0 saturated heterocycles. The number of phenols is 2. The lowest BCUT2D eigenvalue weighted by molar-refractivity contribution is -0.123. The SMILES string of the molecule is CC(=O)c1c(O)c(C)c(O)c2c1OC1=CC(=O)/C(=C(/C)NCCCCCC(=O)Nc3ccc4c(c3)OCO4)C(=O)C12C. The number of rotatable bonds is 9. The van der Waals surface area contributed by atoms with Crippen molar-refractivity contribution in [2.75, 3.05) is 18.7 Å². The van der Waals surface area contributed by atoms with Crippen molar-refractivity contribution in [3.8, 4) is 28.7 Å². The number of fused-ring (bicyclic) bond motifs is 4. The second-order valence-corrected chi connectivity index (χ2v) is 10.7. The van der Waals surface area contributed by atoms with Crippen molar-refractivity contribution < 1.29 is 43.6 Å². The minimum atomic E-state index is -1.56. The van der Waals surface area contributed by atoms with Gasteiger partial charge in [0.1, 0.15) is 34.0 Å². The highest BCUT2D eigenvalue weighted by molar-refractivity contribution is 6.31. The maximum atomic E-state index is 13.8. The van der Waals surface area contributed by atoms with Crippen LogP contribution >= 0.6 is 0 Å². The van der Waals surface area contributed by atoms with Gasteiger partial charge in [0.2, 0.25) is 12.7 Å². The summed E-state index contributed by atoms with van der Waals surface area (Å²) in [5.74, 6) is -1.45. The molecule has 1 amide bonds. The molecule has 0 aromatic heterocycles. The van der Waals surface area contributed by atoms with E-state index < -0.39 is 28.5 Å². The Bertz CT molecular complexity index is 1600. The number of hydrogen-bond donors (Lipinski definition) is 4. The standard InChI is InChI=1S/C31H32N2O9/c1-15-27(37)25(17(3)34)29-26(28(15)38)31(4)22(42-29)13-19(35)24(30(31)39)16(2)32-11-7-5-6-8-23(36)33-18-9-10-20-21(12-18)41-14-40-20/h9-10,12-13,32,37-38H,5-8,11,14H2,1-4H3,(H,33,36)/b24-16+. The van der Waals surface area contributed by atoms with E-state index in [1.54, 1.807) is 25.1 Å². The van der Waals surface area contributed by atoms with Crippen LogP contribution in [-0.2, 0) is 19.8 Å². The first-order valence-corrected chi connectivity index (χ1v) is 13.7. The summed E-state index contributed by atoms with van der Waals surface area (Å²) < 4.78 is 16.4. The first kappa shape index (κ1) is 28.7. The van der Waals surface area contributed by atoms with E-state index in [4.69, 9.17) is 14.2 Å². The van der Waals surface area contributed by atoms with Gasteiger partial charge in [-0.3, -0.25) is 19.2 Å². The predicted molar refractivity (Wildman–Crippen MR) is 151 cm³/mol. The van der Waals surface area contributed by atoms with E-state index in [-0.39, 0.29) is 52.2 Å². The number of carbonyl (C=O) groups is 4. The van der Waals surface area contributed by atoms with Crippen LogP contribution in [-0.4, -0.2) is 46.8 Å². The molecule has 2 aromatic carbocycles. The van der Waals surface area contributed by atoms with Gasteiger partial charge in [0.25, 0.3) is 0 Å². The number of ether oxygens (including phenoxy) is 3. The summed E-state index contributed by atoms with van der Waals surface area (Å²) in [4.78, 5) is 51.5. The van der Waals surface area contributed by atoms with Crippen LogP contribution in [0.25, 0.3) is 0 Å². The van der Waals surface area contributed by atoms with Crippen LogP contribution in [0.4, 0.5) is 5.69 Å². The molecule has 11 nitrogen and oxygen atoms in total. The van der Waals surface area contributed by atoms with E-state index in [0.29, 0.717) is 48.7 Å². The Labute approximate surface area is 242 Å². The van der Waals surface area contributed by atoms with E-state index in [0.717, 1.165) is 6.42 Å². The number of unbranched alkanes of at least 4 members (excludes halogenated alkanes) is 2. The second kappa shape index (κ2) is 10.9. The smallest absolute Gasteiger partial charge is 0.231 e. The number of hydrogen-bond acceptors (Lipinski definition) is 10. The molecule has 2 heterocycles. The molecule has 2 aromatic rings. The Morgan fingerprint density at radius 2 is 1.76 bits per heavy atom. The average Bonchev–Trinajstić information content (AvgIpc) is 3.51. The molecule has 11 heteroatoms. The van der Waals surface area contributed by atoms with Crippen molar-refractivity contribution in [2.24, 2.45) is 0 Å². The van der Waals surface area contributed by atoms with Gasteiger partial charge in [-0.1, -0.05) is 6.42 Å². The highest BCUT2D eigenvalue weighted by atomic mass is 16.7. The molecule has 5 rings (SSSR count). The topological polar surface area (TPSA) is 160 Å². The molecule has 0 radical (unpaired) electrons. The van der Waals surface area contributed by atoms with Crippen molar-refractivity contribution in [2.45, 2.75) is 58.8 Å². The fraction of sp³-hybridized carbons (Fsp3) is 0.355. The lowest BCUT2D eigenvalue weighted by atomic mass is 9.70. The van der Waals surface area contributed by atoms with Gasteiger partial charge >= 0.3 is 0 Å². The molecule has 1 aliphatic carbocycles. The summed E-state index contributed by atoms with van der Waals surface area (Å²) in [7, 11) is 0. The molecule has 0 saturated carbocycles. The van der Waals surface area contributed by atoms with Crippen molar-refractivity contribution in [1.29, 1.82) is 0 Å². The molecular weight excluding hydrogens is 544 g/mol. The average molecular weight is 577 g/mol. The normalized spacial score (nSPS) is 19.5. The second-order valence-electron chi connectivity index (χ2n) is 10.7. The van der Waals surface area contributed by atoms with Gasteiger partial charge in [-0.15, -0.1) is 0 Å². The third kappa shape index (κ3) is 4.74. The number of carbonyl (C=O) groups excluding carboxylic acids is 4. The number of nitrogens with one attached hydrogen (secondary N) is 2. The molecule has 42 heavy (non-hydrogen) atoms. The fourth-order valence-electron chi connectivity index (χ4n) is 5.51. The zero-order chi connectivity index (χ0) is 30.3. The number of ketones is 3. The summed E-state index contributed by atoms with van der Waals surface area (Å²) in [6, 6.07) is 5.22. The largest absolute Gasteiger partial charge is 0.507 e. The van der Waals surface area contributed by atoms with Gasteiger partial charge in [-0.2, -0.15) is 0 Å². The van der Waals surface area contributed by atoms with E-state index in [2.05, 4.69) is 10.6 Å². The van der Waals surface area contributed by atoms with Crippen LogP contribution in [0.2, 0.25) is 0 Å². The van der Waals surface area contributed by atoms with Crippen molar-refractivity contribution in [1.82, 2.24) is 5.32 Å². The molecular formula is C31H32N2O9. The summed E-state index contributed by atoms with van der Waals surface area (Å²) >= 11 is 0. The number of allylic oxidation sites excluding steroid dienone is 4. The van der Waals surface area contributed by atoms with Crippen LogP contribution in [0.1, 0.15) is 67.9 Å². The molecule has 0 fully saturated rings. The molecule has 1 unspecified atom stereocenters. The van der Waals surface area contributed by atoms with Gasteiger partial charge in [0, 0.05) is 42.1 Å². The Hall–Kier alpha value is -4.80. The van der Waals surface area contributed by atoms with Gasteiger partial charge < -0.3 is 35.1 Å². The van der Waals surface area contributed by atoms with Crippen LogP contribution in [0.15, 0.2) is 41.3 Å². The zero-order valence-electron chi connectivity index (χ0n) is 23.8. The number of phenolic OH excluding ortho intramolecular Hbond substituents is 2. The number of benzene rings is 2. The van der Waals surface area contributed by atoms with Gasteiger partial charge in [-0.25, -0.2) is 0 Å². The molecule has 0 bridgehead atoms. The summed E-state index contributed by atoms with van der Waals surface area (Å²) in [5.41, 5.74) is -0.682. The Morgan fingerprint density at radius 1 is 1.02 bits per heavy atom. The minimum absolute atomic E-state index is 0.00845. The zero-order valence-corrected chi connectivity index (χ0v) is 23.8. The molecule has 220 valence electrons. The van der Waals surface area contributed by atoms with E-state index >= 15 is 0 Å².